The number of rotatable bonds is 3. The molecule has 0 saturated heterocycles. The maximum absolute atomic E-state index is 10.7. The lowest BCUT2D eigenvalue weighted by molar-refractivity contribution is -0.0510. The van der Waals surface area contributed by atoms with E-state index in [0.717, 1.165) is 0 Å². The average Bonchev–Trinajstić information content (AvgIpc) is 2.59. The van der Waals surface area contributed by atoms with Crippen molar-refractivity contribution in [1.82, 2.24) is 4.57 Å². The van der Waals surface area contributed by atoms with Crippen molar-refractivity contribution in [2.45, 2.75) is 38.7 Å². The SMILES string of the molecule is CCCCn1ccc(C)c1.O=S(=O)(O)C(F)(F)F. The van der Waals surface area contributed by atoms with E-state index >= 15 is 0 Å². The molecular formula is C10H16F3NO3S. The molecular weight excluding hydrogens is 271 g/mol. The molecule has 0 bridgehead atoms. The van der Waals surface area contributed by atoms with Gasteiger partial charge in [0.2, 0.25) is 0 Å². The van der Waals surface area contributed by atoms with Crippen LogP contribution in [0.25, 0.3) is 0 Å². The van der Waals surface area contributed by atoms with Crippen LogP contribution in [0.4, 0.5) is 13.2 Å². The molecule has 0 radical (unpaired) electrons. The minimum Gasteiger partial charge on any atom is -0.354 e. The van der Waals surface area contributed by atoms with Gasteiger partial charge in [-0.15, -0.1) is 0 Å². The van der Waals surface area contributed by atoms with Gasteiger partial charge in [-0.2, -0.15) is 21.6 Å². The molecule has 0 spiro atoms. The van der Waals surface area contributed by atoms with E-state index in [1.54, 1.807) is 0 Å². The molecule has 0 saturated carbocycles. The van der Waals surface area contributed by atoms with Crippen LogP contribution < -0.4 is 0 Å². The molecule has 0 fully saturated rings. The van der Waals surface area contributed by atoms with E-state index in [0.29, 0.717) is 0 Å². The molecule has 4 nitrogen and oxygen atoms in total. The summed E-state index contributed by atoms with van der Waals surface area (Å²) >= 11 is 0. The minimum atomic E-state index is -5.84. The van der Waals surface area contributed by atoms with Crippen LogP contribution in [0.1, 0.15) is 25.3 Å². The van der Waals surface area contributed by atoms with Crippen molar-refractivity contribution in [2.75, 3.05) is 0 Å². The lowest BCUT2D eigenvalue weighted by Gasteiger charge is -1.98. The van der Waals surface area contributed by atoms with Gasteiger partial charge in [-0.3, -0.25) is 4.55 Å². The first-order valence-electron chi connectivity index (χ1n) is 5.24. The molecule has 0 unspecified atom stereocenters. The van der Waals surface area contributed by atoms with Gasteiger partial charge in [-0.05, 0) is 25.0 Å². The van der Waals surface area contributed by atoms with Gasteiger partial charge in [-0.25, -0.2) is 0 Å². The first-order chi connectivity index (χ1) is 8.08. The Morgan fingerprint density at radius 3 is 2.17 bits per heavy atom. The van der Waals surface area contributed by atoms with Gasteiger partial charge >= 0.3 is 15.6 Å². The van der Waals surface area contributed by atoms with Gasteiger partial charge in [0.15, 0.2) is 0 Å². The van der Waals surface area contributed by atoms with Gasteiger partial charge in [0, 0.05) is 18.9 Å². The van der Waals surface area contributed by atoms with E-state index in [1.165, 1.54) is 24.9 Å². The Morgan fingerprint density at radius 2 is 1.89 bits per heavy atom. The zero-order valence-corrected chi connectivity index (χ0v) is 10.9. The summed E-state index contributed by atoms with van der Waals surface area (Å²) in [6.07, 6.45) is 6.89. The van der Waals surface area contributed by atoms with E-state index in [-0.39, 0.29) is 0 Å². The van der Waals surface area contributed by atoms with Crippen LogP contribution in [0.15, 0.2) is 18.5 Å². The standard InChI is InChI=1S/C9H15N.CHF3O3S/c1-3-4-6-10-7-5-9(2)8-10;2-1(3,4)8(5,6)7/h5,7-8H,3-4,6H2,1-2H3;(H,5,6,7). The fourth-order valence-corrected chi connectivity index (χ4v) is 1.04. The fourth-order valence-electron chi connectivity index (χ4n) is 1.04. The second kappa shape index (κ2) is 6.79. The van der Waals surface area contributed by atoms with Crippen molar-refractivity contribution in [3.8, 4) is 0 Å². The Kier molecular flexibility index (Phi) is 6.41. The molecule has 1 aromatic rings. The second-order valence-electron chi connectivity index (χ2n) is 3.70. The molecule has 0 aliphatic carbocycles. The predicted octanol–water partition coefficient (Wildman–Crippen LogP) is 2.99. The Hall–Kier alpha value is -1.02. The molecule has 1 rings (SSSR count). The third kappa shape index (κ3) is 6.65. The zero-order chi connectivity index (χ0) is 14.4. The van der Waals surface area contributed by atoms with Gasteiger partial charge in [-0.1, -0.05) is 13.3 Å². The van der Waals surface area contributed by atoms with E-state index in [1.807, 2.05) is 0 Å². The van der Waals surface area contributed by atoms with Crippen LogP contribution in [0.2, 0.25) is 0 Å². The van der Waals surface area contributed by atoms with E-state index in [9.17, 15) is 13.2 Å². The van der Waals surface area contributed by atoms with Crippen LogP contribution in [-0.4, -0.2) is 23.0 Å². The number of aryl methyl sites for hydroxylation is 2. The summed E-state index contributed by atoms with van der Waals surface area (Å²) in [7, 11) is -5.84. The molecule has 1 heterocycles. The zero-order valence-electron chi connectivity index (χ0n) is 10.1. The van der Waals surface area contributed by atoms with Crippen molar-refractivity contribution in [1.29, 1.82) is 0 Å². The van der Waals surface area contributed by atoms with Crippen molar-refractivity contribution in [3.63, 3.8) is 0 Å². The average molecular weight is 287 g/mol. The summed E-state index contributed by atoms with van der Waals surface area (Å²) in [4.78, 5) is 0. The highest BCUT2D eigenvalue weighted by molar-refractivity contribution is 7.86. The summed E-state index contributed by atoms with van der Waals surface area (Å²) < 4.78 is 59.8. The van der Waals surface area contributed by atoms with Crippen LogP contribution in [0, 0.1) is 6.92 Å². The highest BCUT2D eigenvalue weighted by atomic mass is 32.2. The lowest BCUT2D eigenvalue weighted by Crippen LogP contribution is -2.21. The number of unbranched alkanes of at least 4 members (excludes halogenated alkanes) is 1. The van der Waals surface area contributed by atoms with Crippen LogP contribution in [0.3, 0.4) is 0 Å². The molecule has 18 heavy (non-hydrogen) atoms. The number of nitrogens with zero attached hydrogens (tertiary/aromatic N) is 1. The second-order valence-corrected chi connectivity index (χ2v) is 5.11. The molecule has 0 aliphatic heterocycles. The topological polar surface area (TPSA) is 59.3 Å². The summed E-state index contributed by atoms with van der Waals surface area (Å²) in [5, 5.41) is 0. The maximum atomic E-state index is 10.7. The predicted molar refractivity (Wildman–Crippen MR) is 61.7 cm³/mol. The quantitative estimate of drug-likeness (QED) is 0.686. The molecule has 8 heteroatoms. The summed E-state index contributed by atoms with van der Waals surface area (Å²) in [6.45, 7) is 5.52. The Labute approximate surface area is 104 Å². The first-order valence-corrected chi connectivity index (χ1v) is 6.68. The highest BCUT2D eigenvalue weighted by Gasteiger charge is 2.44. The monoisotopic (exact) mass is 287 g/mol. The van der Waals surface area contributed by atoms with E-state index in [2.05, 4.69) is 36.9 Å². The van der Waals surface area contributed by atoms with E-state index < -0.39 is 15.6 Å². The van der Waals surface area contributed by atoms with Crippen molar-refractivity contribution >= 4 is 10.1 Å². The molecule has 0 aliphatic rings. The van der Waals surface area contributed by atoms with E-state index in [4.69, 9.17) is 13.0 Å². The summed E-state index contributed by atoms with van der Waals surface area (Å²) in [6, 6.07) is 2.15. The molecule has 1 N–H and O–H groups in total. The van der Waals surface area contributed by atoms with Gasteiger partial charge in [0.05, 0.1) is 0 Å². The number of hydrogen-bond acceptors (Lipinski definition) is 2. The maximum Gasteiger partial charge on any atom is 0.522 e. The molecule has 0 atom stereocenters. The Morgan fingerprint density at radius 1 is 1.39 bits per heavy atom. The third-order valence-electron chi connectivity index (χ3n) is 1.96. The summed E-state index contributed by atoms with van der Waals surface area (Å²) in [5.74, 6) is 0. The van der Waals surface area contributed by atoms with Crippen molar-refractivity contribution < 1.29 is 26.1 Å². The highest BCUT2D eigenvalue weighted by Crippen LogP contribution is 2.20. The molecule has 106 valence electrons. The fraction of sp³-hybridized carbons (Fsp3) is 0.600. The Bertz CT molecular complexity index is 451. The minimum absolute atomic E-state index is 1.17. The lowest BCUT2D eigenvalue weighted by atomic mass is 10.3. The van der Waals surface area contributed by atoms with Crippen molar-refractivity contribution in [2.24, 2.45) is 0 Å². The molecule has 0 amide bonds. The molecule has 0 aromatic carbocycles. The van der Waals surface area contributed by atoms with Gasteiger partial charge in [0.25, 0.3) is 0 Å². The summed E-state index contributed by atoms with van der Waals surface area (Å²) in [5.41, 5.74) is -4.18. The Balaban J connectivity index is 0.000000331. The van der Waals surface area contributed by atoms with Crippen LogP contribution in [0.5, 0.6) is 0 Å². The molecule has 1 aromatic heterocycles. The number of hydrogen-bond donors (Lipinski definition) is 1. The number of alkyl halides is 3. The van der Waals surface area contributed by atoms with Crippen LogP contribution in [-0.2, 0) is 16.7 Å². The number of aromatic nitrogens is 1. The largest absolute Gasteiger partial charge is 0.522 e. The third-order valence-corrected chi connectivity index (χ3v) is 2.55. The smallest absolute Gasteiger partial charge is 0.354 e. The van der Waals surface area contributed by atoms with Gasteiger partial charge < -0.3 is 4.57 Å². The van der Waals surface area contributed by atoms with Crippen molar-refractivity contribution in [3.05, 3.63) is 24.0 Å². The number of halogens is 3. The first kappa shape index (κ1) is 17.0. The normalized spacial score (nSPS) is 11.9. The van der Waals surface area contributed by atoms with Crippen LogP contribution >= 0.6 is 0 Å². The van der Waals surface area contributed by atoms with Gasteiger partial charge in [0.1, 0.15) is 0 Å².